The van der Waals surface area contributed by atoms with Gasteiger partial charge in [0.05, 0.1) is 7.11 Å². The third-order valence-corrected chi connectivity index (χ3v) is 3.89. The molecular weight excluding hydrogens is 250 g/mol. The van der Waals surface area contributed by atoms with Gasteiger partial charge in [0.25, 0.3) is 0 Å². The van der Waals surface area contributed by atoms with Crippen LogP contribution in [-0.2, 0) is 0 Å². The molecule has 0 fully saturated rings. The summed E-state index contributed by atoms with van der Waals surface area (Å²) < 4.78 is 11.4. The molecule has 1 heterocycles. The van der Waals surface area contributed by atoms with Gasteiger partial charge in [0.15, 0.2) is 0 Å². The fourth-order valence-electron chi connectivity index (χ4n) is 2.75. The van der Waals surface area contributed by atoms with E-state index in [1.165, 1.54) is 11.1 Å². The second-order valence-corrected chi connectivity index (χ2v) is 5.21. The predicted molar refractivity (Wildman–Crippen MR) is 79.1 cm³/mol. The number of hydrogen-bond donors (Lipinski definition) is 1. The molecular formula is C17H19NO2. The van der Waals surface area contributed by atoms with Gasteiger partial charge >= 0.3 is 0 Å². The Morgan fingerprint density at radius 1 is 1.15 bits per heavy atom. The Hall–Kier alpha value is -2.00. The third-order valence-electron chi connectivity index (χ3n) is 3.89. The van der Waals surface area contributed by atoms with Crippen LogP contribution >= 0.6 is 0 Å². The van der Waals surface area contributed by atoms with Crippen molar-refractivity contribution < 1.29 is 9.47 Å². The van der Waals surface area contributed by atoms with Crippen LogP contribution in [-0.4, -0.2) is 7.11 Å². The van der Waals surface area contributed by atoms with E-state index >= 15 is 0 Å². The lowest BCUT2D eigenvalue weighted by molar-refractivity contribution is 0.160. The van der Waals surface area contributed by atoms with Gasteiger partial charge in [-0.05, 0) is 24.1 Å². The van der Waals surface area contributed by atoms with Crippen LogP contribution in [0.4, 0.5) is 0 Å². The summed E-state index contributed by atoms with van der Waals surface area (Å²) in [6.45, 7) is 2.10. The Morgan fingerprint density at radius 2 is 1.95 bits per heavy atom. The molecule has 0 bridgehead atoms. The monoisotopic (exact) mass is 269 g/mol. The molecule has 0 aromatic heterocycles. The van der Waals surface area contributed by atoms with Gasteiger partial charge in [0, 0.05) is 24.1 Å². The summed E-state index contributed by atoms with van der Waals surface area (Å²) in [7, 11) is 1.66. The average Bonchev–Trinajstić information content (AvgIpc) is 2.47. The molecule has 2 aromatic carbocycles. The van der Waals surface area contributed by atoms with Gasteiger partial charge in [-0.3, -0.25) is 0 Å². The molecule has 20 heavy (non-hydrogen) atoms. The Kier molecular flexibility index (Phi) is 3.36. The number of aryl methyl sites for hydroxylation is 1. The number of rotatable bonds is 2. The van der Waals surface area contributed by atoms with Crippen molar-refractivity contribution in [3.05, 3.63) is 59.2 Å². The first-order chi connectivity index (χ1) is 9.69. The molecule has 1 aliphatic rings. The van der Waals surface area contributed by atoms with Crippen molar-refractivity contribution in [3.63, 3.8) is 0 Å². The summed E-state index contributed by atoms with van der Waals surface area (Å²) >= 11 is 0. The molecule has 0 radical (unpaired) electrons. The smallest absolute Gasteiger partial charge is 0.128 e. The fraction of sp³-hybridized carbons (Fsp3) is 0.294. The zero-order valence-corrected chi connectivity index (χ0v) is 11.8. The minimum Gasteiger partial charge on any atom is -0.497 e. The van der Waals surface area contributed by atoms with Crippen molar-refractivity contribution in [2.24, 2.45) is 5.73 Å². The maximum absolute atomic E-state index is 6.29. The van der Waals surface area contributed by atoms with Crippen LogP contribution in [0.3, 0.4) is 0 Å². The molecule has 2 atom stereocenters. The normalized spacial score (nSPS) is 20.9. The van der Waals surface area contributed by atoms with Gasteiger partial charge < -0.3 is 15.2 Å². The lowest BCUT2D eigenvalue weighted by Gasteiger charge is -2.31. The van der Waals surface area contributed by atoms with Gasteiger partial charge in [-0.2, -0.15) is 0 Å². The van der Waals surface area contributed by atoms with Crippen LogP contribution < -0.4 is 15.2 Å². The molecule has 1 unspecified atom stereocenters. The van der Waals surface area contributed by atoms with E-state index in [4.69, 9.17) is 15.2 Å². The van der Waals surface area contributed by atoms with E-state index in [0.717, 1.165) is 23.5 Å². The highest BCUT2D eigenvalue weighted by atomic mass is 16.5. The van der Waals surface area contributed by atoms with Crippen molar-refractivity contribution in [2.45, 2.75) is 25.5 Å². The van der Waals surface area contributed by atoms with Crippen molar-refractivity contribution in [2.75, 3.05) is 7.11 Å². The summed E-state index contributed by atoms with van der Waals surface area (Å²) in [6.07, 6.45) is 0.801. The highest BCUT2D eigenvalue weighted by Crippen LogP contribution is 2.41. The second kappa shape index (κ2) is 5.17. The zero-order chi connectivity index (χ0) is 14.1. The van der Waals surface area contributed by atoms with Crippen molar-refractivity contribution in [1.82, 2.24) is 0 Å². The molecule has 0 amide bonds. The fourth-order valence-corrected chi connectivity index (χ4v) is 2.75. The maximum atomic E-state index is 6.29. The zero-order valence-electron chi connectivity index (χ0n) is 11.8. The van der Waals surface area contributed by atoms with Crippen LogP contribution in [0.25, 0.3) is 0 Å². The lowest BCUT2D eigenvalue weighted by Crippen LogP contribution is -2.24. The largest absolute Gasteiger partial charge is 0.497 e. The first kappa shape index (κ1) is 13.0. The lowest BCUT2D eigenvalue weighted by atomic mass is 9.91. The molecule has 2 aromatic rings. The number of benzene rings is 2. The SMILES string of the molecule is COc1ccc2c(c1)OC(c1ccccc1C)C[C@@H]2N. The third kappa shape index (κ3) is 2.25. The average molecular weight is 269 g/mol. The van der Waals surface area contributed by atoms with E-state index in [0.29, 0.717) is 0 Å². The topological polar surface area (TPSA) is 44.5 Å². The van der Waals surface area contributed by atoms with Crippen molar-refractivity contribution in [3.8, 4) is 11.5 Å². The molecule has 2 N–H and O–H groups in total. The highest BCUT2D eigenvalue weighted by Gasteiger charge is 2.28. The van der Waals surface area contributed by atoms with E-state index in [1.54, 1.807) is 7.11 Å². The molecule has 0 spiro atoms. The minimum absolute atomic E-state index is 0.00531. The Morgan fingerprint density at radius 3 is 2.70 bits per heavy atom. The first-order valence-electron chi connectivity index (χ1n) is 6.84. The van der Waals surface area contributed by atoms with Crippen LogP contribution in [0.5, 0.6) is 11.5 Å². The van der Waals surface area contributed by atoms with Crippen LogP contribution in [0.15, 0.2) is 42.5 Å². The van der Waals surface area contributed by atoms with Crippen LogP contribution in [0.2, 0.25) is 0 Å². The predicted octanol–water partition coefficient (Wildman–Crippen LogP) is 3.53. The summed E-state index contributed by atoms with van der Waals surface area (Å²) in [5.41, 5.74) is 9.78. The molecule has 0 saturated heterocycles. The van der Waals surface area contributed by atoms with Gasteiger partial charge in [0.2, 0.25) is 0 Å². The van der Waals surface area contributed by atoms with Crippen LogP contribution in [0.1, 0.15) is 35.3 Å². The van der Waals surface area contributed by atoms with Crippen molar-refractivity contribution in [1.29, 1.82) is 0 Å². The Bertz CT molecular complexity index is 624. The molecule has 3 heteroatoms. The molecule has 3 nitrogen and oxygen atoms in total. The van der Waals surface area contributed by atoms with E-state index in [1.807, 2.05) is 30.3 Å². The van der Waals surface area contributed by atoms with Gasteiger partial charge in [-0.1, -0.05) is 30.3 Å². The van der Waals surface area contributed by atoms with Gasteiger partial charge in [0.1, 0.15) is 17.6 Å². The van der Waals surface area contributed by atoms with E-state index < -0.39 is 0 Å². The number of nitrogens with two attached hydrogens (primary N) is 1. The molecule has 3 rings (SSSR count). The quantitative estimate of drug-likeness (QED) is 0.907. The van der Waals surface area contributed by atoms with Gasteiger partial charge in [-0.25, -0.2) is 0 Å². The Labute approximate surface area is 119 Å². The number of methoxy groups -OCH3 is 1. The minimum atomic E-state index is -0.00531. The number of fused-ring (bicyclic) bond motifs is 1. The summed E-state index contributed by atoms with van der Waals surface area (Å²) in [5, 5.41) is 0. The number of hydrogen-bond acceptors (Lipinski definition) is 3. The highest BCUT2D eigenvalue weighted by molar-refractivity contribution is 5.45. The molecule has 0 aliphatic carbocycles. The summed E-state index contributed by atoms with van der Waals surface area (Å²) in [6, 6.07) is 14.1. The standard InChI is InChI=1S/C17H19NO2/c1-11-5-3-4-6-13(11)17-10-15(18)14-8-7-12(19-2)9-16(14)20-17/h3-9,15,17H,10,18H2,1-2H3/t15-,17?/m0/s1. The molecule has 1 aliphatic heterocycles. The van der Waals surface area contributed by atoms with E-state index in [2.05, 4.69) is 19.1 Å². The van der Waals surface area contributed by atoms with Crippen molar-refractivity contribution >= 4 is 0 Å². The number of ether oxygens (including phenoxy) is 2. The maximum Gasteiger partial charge on any atom is 0.128 e. The second-order valence-electron chi connectivity index (χ2n) is 5.21. The van der Waals surface area contributed by atoms with E-state index in [-0.39, 0.29) is 12.1 Å². The van der Waals surface area contributed by atoms with E-state index in [9.17, 15) is 0 Å². The summed E-state index contributed by atoms with van der Waals surface area (Å²) in [5.74, 6) is 1.62. The molecule has 104 valence electrons. The summed E-state index contributed by atoms with van der Waals surface area (Å²) in [4.78, 5) is 0. The first-order valence-corrected chi connectivity index (χ1v) is 6.84. The van der Waals surface area contributed by atoms with Gasteiger partial charge in [-0.15, -0.1) is 0 Å². The van der Waals surface area contributed by atoms with Crippen LogP contribution in [0, 0.1) is 6.92 Å². The molecule has 0 saturated carbocycles. The Balaban J connectivity index is 1.97.